The van der Waals surface area contributed by atoms with Crippen molar-refractivity contribution in [3.05, 3.63) is 23.2 Å². The first kappa shape index (κ1) is 15.6. The molecule has 2 rings (SSSR count). The number of ether oxygens (including phenoxy) is 1. The van der Waals surface area contributed by atoms with Gasteiger partial charge in [-0.3, -0.25) is 9.59 Å². The van der Waals surface area contributed by atoms with E-state index in [9.17, 15) is 9.59 Å². The third-order valence-corrected chi connectivity index (χ3v) is 3.55. The van der Waals surface area contributed by atoms with E-state index in [0.29, 0.717) is 29.3 Å². The van der Waals surface area contributed by atoms with Crippen molar-refractivity contribution in [1.29, 1.82) is 0 Å². The molecule has 0 bridgehead atoms. The van der Waals surface area contributed by atoms with E-state index >= 15 is 0 Å². The third-order valence-electron chi connectivity index (χ3n) is 3.31. The normalized spacial score (nSPS) is 15.2. The van der Waals surface area contributed by atoms with Gasteiger partial charge in [0.15, 0.2) is 0 Å². The second-order valence-electron chi connectivity index (χ2n) is 5.05. The van der Waals surface area contributed by atoms with E-state index in [1.807, 2.05) is 0 Å². The Labute approximate surface area is 128 Å². The van der Waals surface area contributed by atoms with Gasteiger partial charge in [0.1, 0.15) is 5.75 Å². The van der Waals surface area contributed by atoms with Crippen LogP contribution >= 0.6 is 11.6 Å². The van der Waals surface area contributed by atoms with Gasteiger partial charge in [0.05, 0.1) is 18.3 Å². The second kappa shape index (κ2) is 6.32. The van der Waals surface area contributed by atoms with Crippen LogP contribution in [0.4, 0.5) is 5.69 Å². The number of hydrogen-bond donors (Lipinski definition) is 3. The van der Waals surface area contributed by atoms with Gasteiger partial charge in [-0.25, -0.2) is 0 Å². The highest BCUT2D eigenvalue weighted by Gasteiger charge is 2.45. The molecule has 0 spiro atoms. The van der Waals surface area contributed by atoms with E-state index in [1.165, 1.54) is 7.11 Å². The topological polar surface area (TPSA) is 93.5 Å². The van der Waals surface area contributed by atoms with Crippen molar-refractivity contribution in [2.24, 2.45) is 5.73 Å². The lowest BCUT2D eigenvalue weighted by molar-refractivity contribution is -0.123. The predicted molar refractivity (Wildman–Crippen MR) is 80.4 cm³/mol. The van der Waals surface area contributed by atoms with E-state index in [2.05, 4.69) is 10.6 Å². The molecule has 1 aliphatic rings. The van der Waals surface area contributed by atoms with Gasteiger partial charge in [0, 0.05) is 18.0 Å². The van der Waals surface area contributed by atoms with Gasteiger partial charge in [-0.05, 0) is 31.0 Å². The lowest BCUT2D eigenvalue weighted by Gasteiger charge is -2.12. The first-order valence-corrected chi connectivity index (χ1v) is 7.03. The summed E-state index contributed by atoms with van der Waals surface area (Å²) in [6.45, 7) is 0.243. The van der Waals surface area contributed by atoms with Crippen LogP contribution < -0.4 is 21.1 Å². The lowest BCUT2D eigenvalue weighted by atomic mass is 10.2. The Hall–Kier alpha value is -1.79. The molecule has 1 aliphatic carbocycles. The molecule has 1 fully saturated rings. The quantitative estimate of drug-likeness (QED) is 0.738. The van der Waals surface area contributed by atoms with Crippen molar-refractivity contribution < 1.29 is 14.3 Å². The summed E-state index contributed by atoms with van der Waals surface area (Å²) in [4.78, 5) is 23.5. The Morgan fingerprint density at radius 3 is 2.76 bits per heavy atom. The van der Waals surface area contributed by atoms with Crippen molar-refractivity contribution in [2.45, 2.75) is 24.8 Å². The Kier molecular flexibility index (Phi) is 4.69. The highest BCUT2D eigenvalue weighted by molar-refractivity contribution is 6.31. The number of halogens is 1. The Bertz CT molecular complexity index is 558. The minimum atomic E-state index is -0.716. The summed E-state index contributed by atoms with van der Waals surface area (Å²) < 4.78 is 5.14. The average Bonchev–Trinajstić information content (AvgIpc) is 3.18. The van der Waals surface area contributed by atoms with Gasteiger partial charge in [0.25, 0.3) is 0 Å². The van der Waals surface area contributed by atoms with Crippen LogP contribution in [0.25, 0.3) is 0 Å². The first-order chi connectivity index (χ1) is 9.94. The van der Waals surface area contributed by atoms with E-state index in [4.69, 9.17) is 22.1 Å². The predicted octanol–water partition coefficient (Wildman–Crippen LogP) is 1.28. The van der Waals surface area contributed by atoms with Crippen LogP contribution in [0.15, 0.2) is 18.2 Å². The summed E-state index contributed by atoms with van der Waals surface area (Å²) in [5, 5.41) is 5.86. The number of hydrogen-bond acceptors (Lipinski definition) is 4. The molecule has 21 heavy (non-hydrogen) atoms. The SMILES string of the molecule is COc1ccc(Cl)cc1NC(=O)CCNC(=O)C1(N)CC1. The number of benzene rings is 1. The molecular formula is C14H18ClN3O3. The summed E-state index contributed by atoms with van der Waals surface area (Å²) in [6.07, 6.45) is 1.55. The molecule has 0 unspecified atom stereocenters. The fourth-order valence-electron chi connectivity index (χ4n) is 1.82. The van der Waals surface area contributed by atoms with E-state index in [1.54, 1.807) is 18.2 Å². The number of amides is 2. The van der Waals surface area contributed by atoms with E-state index < -0.39 is 5.54 Å². The number of nitrogens with two attached hydrogens (primary N) is 1. The third kappa shape index (κ3) is 4.09. The molecule has 1 saturated carbocycles. The minimum Gasteiger partial charge on any atom is -0.495 e. The number of nitrogens with one attached hydrogen (secondary N) is 2. The minimum absolute atomic E-state index is 0.150. The molecule has 0 heterocycles. The number of methoxy groups -OCH3 is 1. The number of anilines is 1. The van der Waals surface area contributed by atoms with Crippen molar-refractivity contribution >= 4 is 29.1 Å². The van der Waals surface area contributed by atoms with Crippen molar-refractivity contribution in [1.82, 2.24) is 5.32 Å². The Morgan fingerprint density at radius 1 is 1.43 bits per heavy atom. The summed E-state index contributed by atoms with van der Waals surface area (Å²) in [6, 6.07) is 4.95. The molecule has 0 aliphatic heterocycles. The second-order valence-corrected chi connectivity index (χ2v) is 5.49. The molecule has 1 aromatic rings. The summed E-state index contributed by atoms with van der Waals surface area (Å²) in [7, 11) is 1.51. The van der Waals surface area contributed by atoms with Crippen LogP contribution in [0.1, 0.15) is 19.3 Å². The molecule has 1 aromatic carbocycles. The number of rotatable bonds is 6. The molecule has 4 N–H and O–H groups in total. The van der Waals surface area contributed by atoms with Crippen molar-refractivity contribution in [3.63, 3.8) is 0 Å². The van der Waals surface area contributed by atoms with Crippen LogP contribution in [-0.4, -0.2) is 31.0 Å². The van der Waals surface area contributed by atoms with Crippen LogP contribution in [0.3, 0.4) is 0 Å². The zero-order valence-electron chi connectivity index (χ0n) is 11.7. The highest BCUT2D eigenvalue weighted by atomic mass is 35.5. The van der Waals surface area contributed by atoms with Crippen molar-refractivity contribution in [2.75, 3.05) is 19.0 Å². The summed E-state index contributed by atoms with van der Waals surface area (Å²) in [5.41, 5.74) is 5.52. The fourth-order valence-corrected chi connectivity index (χ4v) is 1.99. The molecule has 0 saturated heterocycles. The van der Waals surface area contributed by atoms with Gasteiger partial charge in [0.2, 0.25) is 11.8 Å². The van der Waals surface area contributed by atoms with E-state index in [-0.39, 0.29) is 24.8 Å². The van der Waals surface area contributed by atoms with Gasteiger partial charge in [-0.15, -0.1) is 0 Å². The Morgan fingerprint density at radius 2 is 2.14 bits per heavy atom. The average molecular weight is 312 g/mol. The number of carbonyl (C=O) groups excluding carboxylic acids is 2. The lowest BCUT2D eigenvalue weighted by Crippen LogP contribution is -2.43. The molecule has 0 radical (unpaired) electrons. The van der Waals surface area contributed by atoms with Gasteiger partial charge in [-0.1, -0.05) is 11.6 Å². The summed E-state index contributed by atoms with van der Waals surface area (Å²) in [5.74, 6) is 0.0871. The molecule has 7 heteroatoms. The Balaban J connectivity index is 1.82. The largest absolute Gasteiger partial charge is 0.495 e. The summed E-state index contributed by atoms with van der Waals surface area (Å²) >= 11 is 5.88. The van der Waals surface area contributed by atoms with Gasteiger partial charge >= 0.3 is 0 Å². The monoisotopic (exact) mass is 311 g/mol. The smallest absolute Gasteiger partial charge is 0.240 e. The maximum absolute atomic E-state index is 11.8. The standard InChI is InChI=1S/C14H18ClN3O3/c1-21-11-3-2-9(15)8-10(11)18-12(19)4-7-17-13(20)14(16)5-6-14/h2-3,8H,4-7,16H2,1H3,(H,17,20)(H,18,19). The zero-order chi connectivity index (χ0) is 15.5. The fraction of sp³-hybridized carbons (Fsp3) is 0.429. The van der Waals surface area contributed by atoms with Crippen LogP contribution in [-0.2, 0) is 9.59 Å². The van der Waals surface area contributed by atoms with Crippen LogP contribution in [0.5, 0.6) is 5.75 Å². The van der Waals surface area contributed by atoms with Crippen molar-refractivity contribution in [3.8, 4) is 5.75 Å². The highest BCUT2D eigenvalue weighted by Crippen LogP contribution is 2.32. The molecule has 0 aromatic heterocycles. The number of carbonyl (C=O) groups is 2. The molecular weight excluding hydrogens is 294 g/mol. The van der Waals surface area contributed by atoms with Gasteiger partial charge < -0.3 is 21.1 Å². The zero-order valence-corrected chi connectivity index (χ0v) is 12.5. The first-order valence-electron chi connectivity index (χ1n) is 6.65. The van der Waals surface area contributed by atoms with Crippen LogP contribution in [0.2, 0.25) is 5.02 Å². The maximum atomic E-state index is 11.8. The van der Waals surface area contributed by atoms with E-state index in [0.717, 1.165) is 0 Å². The maximum Gasteiger partial charge on any atom is 0.240 e. The van der Waals surface area contributed by atoms with Crippen LogP contribution in [0, 0.1) is 0 Å². The molecule has 114 valence electrons. The molecule has 0 atom stereocenters. The molecule has 2 amide bonds. The molecule has 6 nitrogen and oxygen atoms in total. The van der Waals surface area contributed by atoms with Gasteiger partial charge in [-0.2, -0.15) is 0 Å².